The minimum atomic E-state index is -0.561. The van der Waals surface area contributed by atoms with Crippen molar-refractivity contribution in [2.24, 2.45) is 17.4 Å². The zero-order valence-electron chi connectivity index (χ0n) is 14.3. The van der Waals surface area contributed by atoms with E-state index >= 15 is 0 Å². The lowest BCUT2D eigenvalue weighted by Crippen LogP contribution is -2.39. The Morgan fingerprint density at radius 3 is 2.62 bits per heavy atom. The van der Waals surface area contributed by atoms with Crippen LogP contribution in [0.2, 0.25) is 5.02 Å². The van der Waals surface area contributed by atoms with Crippen LogP contribution >= 0.6 is 11.6 Å². The molecule has 0 aliphatic carbocycles. The molecule has 1 heterocycles. The smallest absolute Gasteiger partial charge is 0.255 e. The number of piperidine rings is 1. The van der Waals surface area contributed by atoms with Gasteiger partial charge in [0.15, 0.2) is 18.1 Å². The van der Waals surface area contributed by atoms with Crippen LogP contribution in [0.15, 0.2) is 12.1 Å². The molecule has 0 radical (unpaired) electrons. The SMILES string of the molecule is COc1cc(CN2CCC(C(C)N)CC2)cc(Cl)c1OCC(N)=O. The fourth-order valence-electron chi connectivity index (χ4n) is 3.04. The molecule has 1 amide bonds. The monoisotopic (exact) mass is 355 g/mol. The summed E-state index contributed by atoms with van der Waals surface area (Å²) in [5.74, 6) is 0.889. The van der Waals surface area contributed by atoms with Gasteiger partial charge in [-0.05, 0) is 56.5 Å². The maximum Gasteiger partial charge on any atom is 0.255 e. The van der Waals surface area contributed by atoms with Crippen LogP contribution in [0.5, 0.6) is 11.5 Å². The fourth-order valence-corrected chi connectivity index (χ4v) is 3.33. The van der Waals surface area contributed by atoms with Crippen molar-refractivity contribution < 1.29 is 14.3 Å². The highest BCUT2D eigenvalue weighted by molar-refractivity contribution is 6.32. The summed E-state index contributed by atoms with van der Waals surface area (Å²) in [4.78, 5) is 13.3. The Bertz CT molecular complexity index is 572. The first kappa shape index (κ1) is 18.8. The van der Waals surface area contributed by atoms with Gasteiger partial charge in [0.05, 0.1) is 12.1 Å². The summed E-state index contributed by atoms with van der Waals surface area (Å²) in [5.41, 5.74) is 12.1. The van der Waals surface area contributed by atoms with Crippen LogP contribution < -0.4 is 20.9 Å². The number of methoxy groups -OCH3 is 1. The van der Waals surface area contributed by atoms with E-state index in [2.05, 4.69) is 11.8 Å². The Labute approximate surface area is 148 Å². The molecular weight excluding hydrogens is 330 g/mol. The van der Waals surface area contributed by atoms with Crippen molar-refractivity contribution in [1.82, 2.24) is 4.90 Å². The predicted octanol–water partition coefficient (Wildman–Crippen LogP) is 1.77. The maximum absolute atomic E-state index is 10.9. The third-order valence-corrected chi connectivity index (χ3v) is 4.71. The van der Waals surface area contributed by atoms with Gasteiger partial charge in [0.2, 0.25) is 0 Å². The molecule has 1 aliphatic heterocycles. The van der Waals surface area contributed by atoms with E-state index in [0.717, 1.165) is 38.0 Å². The van der Waals surface area contributed by atoms with Gasteiger partial charge in [-0.25, -0.2) is 0 Å². The van der Waals surface area contributed by atoms with E-state index in [4.69, 9.17) is 32.5 Å². The minimum absolute atomic E-state index is 0.236. The fraction of sp³-hybridized carbons (Fsp3) is 0.588. The molecule has 1 fully saturated rings. The lowest BCUT2D eigenvalue weighted by atomic mass is 9.91. The predicted molar refractivity (Wildman–Crippen MR) is 94.3 cm³/mol. The minimum Gasteiger partial charge on any atom is -0.493 e. The molecule has 4 N–H and O–H groups in total. The molecule has 7 heteroatoms. The van der Waals surface area contributed by atoms with Gasteiger partial charge >= 0.3 is 0 Å². The van der Waals surface area contributed by atoms with Crippen LogP contribution in [0.4, 0.5) is 0 Å². The molecule has 0 saturated carbocycles. The van der Waals surface area contributed by atoms with Crippen LogP contribution in [0.3, 0.4) is 0 Å². The standard InChI is InChI=1S/C17H26ClN3O3/c1-11(19)13-3-5-21(6-4-13)9-12-7-14(18)17(15(8-12)23-2)24-10-16(20)22/h7-8,11,13H,3-6,9-10,19H2,1-2H3,(H2,20,22). The summed E-state index contributed by atoms with van der Waals surface area (Å²) >= 11 is 6.29. The van der Waals surface area contributed by atoms with Gasteiger partial charge in [0.1, 0.15) is 0 Å². The molecule has 1 saturated heterocycles. The van der Waals surface area contributed by atoms with Gasteiger partial charge in [-0.2, -0.15) is 0 Å². The van der Waals surface area contributed by atoms with Crippen molar-refractivity contribution >= 4 is 17.5 Å². The third-order valence-electron chi connectivity index (χ3n) is 4.43. The lowest BCUT2D eigenvalue weighted by molar-refractivity contribution is -0.119. The summed E-state index contributed by atoms with van der Waals surface area (Å²) in [6, 6.07) is 3.99. The first-order valence-corrected chi connectivity index (χ1v) is 8.54. The molecule has 1 atom stereocenters. The topological polar surface area (TPSA) is 90.8 Å². The molecule has 1 aromatic carbocycles. The van der Waals surface area contributed by atoms with Crippen molar-refractivity contribution in [1.29, 1.82) is 0 Å². The number of ether oxygens (including phenoxy) is 2. The number of hydrogen-bond donors (Lipinski definition) is 2. The second kappa shape index (κ2) is 8.55. The van der Waals surface area contributed by atoms with Crippen LogP contribution in [-0.4, -0.2) is 43.7 Å². The molecule has 0 aromatic heterocycles. The van der Waals surface area contributed by atoms with E-state index in [0.29, 0.717) is 22.4 Å². The van der Waals surface area contributed by atoms with E-state index in [1.807, 2.05) is 12.1 Å². The first-order chi connectivity index (χ1) is 11.4. The van der Waals surface area contributed by atoms with Crippen molar-refractivity contribution in [3.63, 3.8) is 0 Å². The van der Waals surface area contributed by atoms with Crippen LogP contribution in [-0.2, 0) is 11.3 Å². The zero-order chi connectivity index (χ0) is 17.7. The molecular formula is C17H26ClN3O3. The molecule has 0 spiro atoms. The first-order valence-electron chi connectivity index (χ1n) is 8.16. The number of carbonyl (C=O) groups excluding carboxylic acids is 1. The van der Waals surface area contributed by atoms with Gasteiger partial charge in [-0.1, -0.05) is 11.6 Å². The van der Waals surface area contributed by atoms with Gasteiger partial charge in [0, 0.05) is 12.6 Å². The van der Waals surface area contributed by atoms with Gasteiger partial charge < -0.3 is 20.9 Å². The highest BCUT2D eigenvalue weighted by Gasteiger charge is 2.22. The number of primary amides is 1. The average Bonchev–Trinajstić information content (AvgIpc) is 2.53. The summed E-state index contributed by atoms with van der Waals surface area (Å²) in [6.45, 7) is 4.67. The number of nitrogens with two attached hydrogens (primary N) is 2. The molecule has 24 heavy (non-hydrogen) atoms. The van der Waals surface area contributed by atoms with E-state index in [9.17, 15) is 4.79 Å². The van der Waals surface area contributed by atoms with E-state index < -0.39 is 5.91 Å². The van der Waals surface area contributed by atoms with Gasteiger partial charge in [-0.3, -0.25) is 9.69 Å². The highest BCUT2D eigenvalue weighted by Crippen LogP contribution is 2.37. The second-order valence-electron chi connectivity index (χ2n) is 6.34. The Morgan fingerprint density at radius 1 is 1.42 bits per heavy atom. The third kappa shape index (κ3) is 5.00. The molecule has 0 bridgehead atoms. The van der Waals surface area contributed by atoms with Crippen molar-refractivity contribution in [2.75, 3.05) is 26.8 Å². The number of rotatable bonds is 7. The summed E-state index contributed by atoms with van der Waals surface area (Å²) in [6.07, 6.45) is 2.23. The van der Waals surface area contributed by atoms with Crippen LogP contribution in [0.1, 0.15) is 25.3 Å². The Kier molecular flexibility index (Phi) is 6.71. The molecule has 1 unspecified atom stereocenters. The number of hydrogen-bond acceptors (Lipinski definition) is 5. The highest BCUT2D eigenvalue weighted by atomic mass is 35.5. The summed E-state index contributed by atoms with van der Waals surface area (Å²) < 4.78 is 10.7. The normalized spacial score (nSPS) is 17.5. The molecule has 1 aliphatic rings. The summed E-state index contributed by atoms with van der Waals surface area (Å²) in [7, 11) is 1.54. The van der Waals surface area contributed by atoms with E-state index in [1.54, 1.807) is 7.11 Å². The quantitative estimate of drug-likeness (QED) is 0.777. The Morgan fingerprint density at radius 2 is 2.08 bits per heavy atom. The lowest BCUT2D eigenvalue weighted by Gasteiger charge is -2.33. The number of likely N-dealkylation sites (tertiary alicyclic amines) is 1. The zero-order valence-corrected chi connectivity index (χ0v) is 15.0. The van der Waals surface area contributed by atoms with Gasteiger partial charge in [0.25, 0.3) is 5.91 Å². The molecule has 134 valence electrons. The van der Waals surface area contributed by atoms with E-state index in [1.165, 1.54) is 0 Å². The van der Waals surface area contributed by atoms with Crippen molar-refractivity contribution in [2.45, 2.75) is 32.4 Å². The molecule has 2 rings (SSSR count). The van der Waals surface area contributed by atoms with Crippen molar-refractivity contribution in [3.8, 4) is 11.5 Å². The maximum atomic E-state index is 10.9. The number of halogens is 1. The van der Waals surface area contributed by atoms with Crippen LogP contribution in [0.25, 0.3) is 0 Å². The average molecular weight is 356 g/mol. The summed E-state index contributed by atoms with van der Waals surface area (Å²) in [5, 5.41) is 0.413. The van der Waals surface area contributed by atoms with Crippen molar-refractivity contribution in [3.05, 3.63) is 22.7 Å². The van der Waals surface area contributed by atoms with Crippen LogP contribution in [0, 0.1) is 5.92 Å². The molecule has 1 aromatic rings. The number of amides is 1. The molecule has 6 nitrogen and oxygen atoms in total. The largest absolute Gasteiger partial charge is 0.493 e. The Hall–Kier alpha value is -1.50. The number of carbonyl (C=O) groups is 1. The van der Waals surface area contributed by atoms with E-state index in [-0.39, 0.29) is 12.6 Å². The number of benzene rings is 1. The van der Waals surface area contributed by atoms with Gasteiger partial charge in [-0.15, -0.1) is 0 Å². The number of nitrogens with zero attached hydrogens (tertiary/aromatic N) is 1. The Balaban J connectivity index is 2.04. The second-order valence-corrected chi connectivity index (χ2v) is 6.74.